The minimum atomic E-state index is -0.617. The van der Waals surface area contributed by atoms with Crippen molar-refractivity contribution in [3.8, 4) is 0 Å². The summed E-state index contributed by atoms with van der Waals surface area (Å²) in [5, 5.41) is 5.68. The van der Waals surface area contributed by atoms with E-state index in [9.17, 15) is 9.59 Å². The first-order valence-electron chi connectivity index (χ1n) is 8.46. The van der Waals surface area contributed by atoms with Gasteiger partial charge in [0.2, 0.25) is 5.91 Å². The number of nitrogens with zero attached hydrogens (tertiary/aromatic N) is 1. The summed E-state index contributed by atoms with van der Waals surface area (Å²) in [4.78, 5) is 26.7. The van der Waals surface area contributed by atoms with Crippen LogP contribution < -0.4 is 10.6 Å². The Hall–Kier alpha value is -2.04. The van der Waals surface area contributed by atoms with Crippen molar-refractivity contribution in [2.45, 2.75) is 39.2 Å². The lowest BCUT2D eigenvalue weighted by molar-refractivity contribution is -0.132. The van der Waals surface area contributed by atoms with E-state index in [1.54, 1.807) is 0 Å². The first kappa shape index (κ1) is 17.3. The second-order valence-electron chi connectivity index (χ2n) is 6.46. The van der Waals surface area contributed by atoms with Gasteiger partial charge in [-0.25, -0.2) is 4.79 Å². The molecule has 5 nitrogen and oxygen atoms in total. The van der Waals surface area contributed by atoms with Crippen LogP contribution in [0.15, 0.2) is 30.3 Å². The second-order valence-corrected chi connectivity index (χ2v) is 6.46. The average molecular weight is 317 g/mol. The number of carbonyl (C=O) groups excluding carboxylic acids is 2. The molecule has 1 saturated heterocycles. The van der Waals surface area contributed by atoms with Gasteiger partial charge in [0.15, 0.2) is 0 Å². The maximum atomic E-state index is 12.7. The predicted octanol–water partition coefficient (Wildman–Crippen LogP) is 2.70. The van der Waals surface area contributed by atoms with Crippen molar-refractivity contribution in [3.05, 3.63) is 35.9 Å². The summed E-state index contributed by atoms with van der Waals surface area (Å²) in [5.74, 6) is 0.513. The second kappa shape index (κ2) is 8.56. The summed E-state index contributed by atoms with van der Waals surface area (Å²) in [5.41, 5.74) is 0.823. The van der Waals surface area contributed by atoms with E-state index >= 15 is 0 Å². The maximum absolute atomic E-state index is 12.7. The van der Waals surface area contributed by atoms with Crippen molar-refractivity contribution in [1.29, 1.82) is 0 Å². The molecule has 0 aliphatic carbocycles. The molecule has 1 heterocycles. The fourth-order valence-electron chi connectivity index (χ4n) is 2.71. The summed E-state index contributed by atoms with van der Waals surface area (Å²) in [7, 11) is 0. The Morgan fingerprint density at radius 2 is 1.78 bits per heavy atom. The van der Waals surface area contributed by atoms with Crippen LogP contribution in [0.4, 0.5) is 4.79 Å². The fraction of sp³-hybridized carbons (Fsp3) is 0.556. The number of rotatable bonds is 6. The largest absolute Gasteiger partial charge is 0.341 e. The van der Waals surface area contributed by atoms with Crippen LogP contribution in [0, 0.1) is 5.92 Å². The smallest absolute Gasteiger partial charge is 0.315 e. The molecule has 1 fully saturated rings. The monoisotopic (exact) mass is 317 g/mol. The molecule has 1 atom stereocenters. The van der Waals surface area contributed by atoms with Crippen LogP contribution in [-0.4, -0.2) is 36.5 Å². The Morgan fingerprint density at radius 3 is 2.39 bits per heavy atom. The van der Waals surface area contributed by atoms with Gasteiger partial charge in [-0.3, -0.25) is 4.79 Å². The number of urea groups is 1. The van der Waals surface area contributed by atoms with Gasteiger partial charge in [-0.15, -0.1) is 0 Å². The Kier molecular flexibility index (Phi) is 6.44. The number of carbonyl (C=O) groups is 2. The molecule has 1 aromatic carbocycles. The van der Waals surface area contributed by atoms with Crippen molar-refractivity contribution in [1.82, 2.24) is 15.5 Å². The van der Waals surface area contributed by atoms with Gasteiger partial charge in [0.1, 0.15) is 6.04 Å². The zero-order valence-corrected chi connectivity index (χ0v) is 14.0. The lowest BCUT2D eigenvalue weighted by Gasteiger charge is -2.24. The van der Waals surface area contributed by atoms with Gasteiger partial charge in [-0.05, 0) is 30.7 Å². The topological polar surface area (TPSA) is 61.4 Å². The summed E-state index contributed by atoms with van der Waals surface area (Å²) >= 11 is 0. The van der Waals surface area contributed by atoms with Crippen molar-refractivity contribution in [2.24, 2.45) is 5.92 Å². The van der Waals surface area contributed by atoms with Crippen molar-refractivity contribution < 1.29 is 9.59 Å². The van der Waals surface area contributed by atoms with Gasteiger partial charge in [0, 0.05) is 19.6 Å². The van der Waals surface area contributed by atoms with E-state index in [-0.39, 0.29) is 11.9 Å². The van der Waals surface area contributed by atoms with Gasteiger partial charge in [-0.2, -0.15) is 0 Å². The molecule has 0 radical (unpaired) electrons. The van der Waals surface area contributed by atoms with E-state index < -0.39 is 6.04 Å². The number of benzene rings is 1. The molecule has 1 aromatic rings. The fourth-order valence-corrected chi connectivity index (χ4v) is 2.71. The molecule has 0 aromatic heterocycles. The summed E-state index contributed by atoms with van der Waals surface area (Å²) in [6.07, 6.45) is 2.99. The Balaban J connectivity index is 2.01. The Bertz CT molecular complexity index is 510. The highest BCUT2D eigenvalue weighted by atomic mass is 16.2. The third kappa shape index (κ3) is 5.27. The van der Waals surface area contributed by atoms with Gasteiger partial charge in [-0.1, -0.05) is 44.2 Å². The zero-order chi connectivity index (χ0) is 16.7. The number of hydrogen-bond acceptors (Lipinski definition) is 2. The first-order valence-corrected chi connectivity index (χ1v) is 8.46. The standard InChI is InChI=1S/C18H27N3O2/c1-14(2)10-11-19-18(23)20-16(15-8-4-3-5-9-15)17(22)21-12-6-7-13-21/h3-5,8-9,14,16H,6-7,10-13H2,1-2H3,(H2,19,20,23)/t16-/m1/s1. The van der Waals surface area contributed by atoms with Gasteiger partial charge >= 0.3 is 6.03 Å². The molecule has 126 valence electrons. The third-order valence-corrected chi connectivity index (χ3v) is 4.08. The van der Waals surface area contributed by atoms with Gasteiger partial charge in [0.05, 0.1) is 0 Å². The number of nitrogens with one attached hydrogen (secondary N) is 2. The summed E-state index contributed by atoms with van der Waals surface area (Å²) in [6.45, 7) is 6.40. The van der Waals surface area contributed by atoms with Crippen molar-refractivity contribution in [3.63, 3.8) is 0 Å². The van der Waals surface area contributed by atoms with Crippen LogP contribution in [0.1, 0.15) is 44.7 Å². The number of hydrogen-bond donors (Lipinski definition) is 2. The first-order chi connectivity index (χ1) is 11.1. The average Bonchev–Trinajstić information content (AvgIpc) is 3.07. The van der Waals surface area contributed by atoms with E-state index in [0.29, 0.717) is 12.5 Å². The van der Waals surface area contributed by atoms with E-state index in [1.165, 1.54) is 0 Å². The van der Waals surface area contributed by atoms with Crippen molar-refractivity contribution >= 4 is 11.9 Å². The van der Waals surface area contributed by atoms with E-state index in [4.69, 9.17) is 0 Å². The summed E-state index contributed by atoms with van der Waals surface area (Å²) in [6, 6.07) is 8.54. The third-order valence-electron chi connectivity index (χ3n) is 4.08. The molecule has 2 N–H and O–H groups in total. The molecule has 2 rings (SSSR count). The normalized spacial score (nSPS) is 15.5. The predicted molar refractivity (Wildman–Crippen MR) is 91.0 cm³/mol. The maximum Gasteiger partial charge on any atom is 0.315 e. The molecule has 3 amide bonds. The van der Waals surface area contributed by atoms with Gasteiger partial charge in [0.25, 0.3) is 0 Å². The lowest BCUT2D eigenvalue weighted by atomic mass is 10.1. The van der Waals surface area contributed by atoms with Crippen LogP contribution in [-0.2, 0) is 4.79 Å². The minimum Gasteiger partial charge on any atom is -0.341 e. The molecule has 1 aliphatic heterocycles. The van der Waals surface area contributed by atoms with Crippen LogP contribution in [0.3, 0.4) is 0 Å². The molecule has 0 bridgehead atoms. The molecule has 23 heavy (non-hydrogen) atoms. The highest BCUT2D eigenvalue weighted by Crippen LogP contribution is 2.19. The molecule has 1 aliphatic rings. The molecule has 0 spiro atoms. The quantitative estimate of drug-likeness (QED) is 0.847. The molecular formula is C18H27N3O2. The highest BCUT2D eigenvalue weighted by Gasteiger charge is 2.28. The van der Waals surface area contributed by atoms with Crippen LogP contribution in [0.5, 0.6) is 0 Å². The van der Waals surface area contributed by atoms with Gasteiger partial charge < -0.3 is 15.5 Å². The highest BCUT2D eigenvalue weighted by molar-refractivity contribution is 5.88. The molecular weight excluding hydrogens is 290 g/mol. The SMILES string of the molecule is CC(C)CCNC(=O)N[C@@H](C(=O)N1CCCC1)c1ccccc1. The Labute approximate surface area is 138 Å². The molecule has 0 unspecified atom stereocenters. The Morgan fingerprint density at radius 1 is 1.13 bits per heavy atom. The molecule has 5 heteroatoms. The minimum absolute atomic E-state index is 0.0206. The van der Waals surface area contributed by atoms with Crippen LogP contribution in [0.25, 0.3) is 0 Å². The van der Waals surface area contributed by atoms with E-state index in [0.717, 1.165) is 37.9 Å². The van der Waals surface area contributed by atoms with Crippen molar-refractivity contribution in [2.75, 3.05) is 19.6 Å². The van der Waals surface area contributed by atoms with E-state index in [2.05, 4.69) is 24.5 Å². The number of likely N-dealkylation sites (tertiary alicyclic amines) is 1. The zero-order valence-electron chi connectivity index (χ0n) is 14.0. The van der Waals surface area contributed by atoms with E-state index in [1.807, 2.05) is 35.2 Å². The van der Waals surface area contributed by atoms with Crippen LogP contribution in [0.2, 0.25) is 0 Å². The summed E-state index contributed by atoms with van der Waals surface area (Å²) < 4.78 is 0. The number of amides is 3. The van der Waals surface area contributed by atoms with Crippen LogP contribution >= 0.6 is 0 Å². The lowest BCUT2D eigenvalue weighted by Crippen LogP contribution is -2.45. The molecule has 0 saturated carbocycles.